The zero-order valence-corrected chi connectivity index (χ0v) is 12.9. The van der Waals surface area contributed by atoms with E-state index < -0.39 is 0 Å². The molecule has 2 rings (SSSR count). The highest BCUT2D eigenvalue weighted by Crippen LogP contribution is 2.16. The summed E-state index contributed by atoms with van der Waals surface area (Å²) in [7, 11) is 0. The standard InChI is InChI=1S/C18H23N3/c1-13-4-8-16(9-5-13)15(3)12-20-18(19)21-17-10-6-14(2)7-11-17/h4-11,15H,12H2,1-3H3,(H3,19,20,21). The zero-order valence-electron chi connectivity index (χ0n) is 12.9. The molecule has 0 amide bonds. The van der Waals surface area contributed by atoms with Gasteiger partial charge in [0.15, 0.2) is 5.96 Å². The molecule has 1 unspecified atom stereocenters. The Morgan fingerprint density at radius 3 is 2.10 bits per heavy atom. The molecule has 0 bridgehead atoms. The Morgan fingerprint density at radius 2 is 1.52 bits per heavy atom. The van der Waals surface area contributed by atoms with Crippen molar-refractivity contribution in [2.24, 2.45) is 10.7 Å². The minimum Gasteiger partial charge on any atom is -0.370 e. The van der Waals surface area contributed by atoms with Crippen molar-refractivity contribution in [1.29, 1.82) is 0 Å². The average Bonchev–Trinajstić information content (AvgIpc) is 2.48. The van der Waals surface area contributed by atoms with E-state index in [9.17, 15) is 0 Å². The molecule has 0 saturated carbocycles. The minimum atomic E-state index is 0.351. The molecule has 0 aliphatic rings. The Bertz CT molecular complexity index is 597. The summed E-state index contributed by atoms with van der Waals surface area (Å²) in [6.07, 6.45) is 0. The lowest BCUT2D eigenvalue weighted by molar-refractivity contribution is 0.774. The minimum absolute atomic E-state index is 0.351. The van der Waals surface area contributed by atoms with Crippen molar-refractivity contribution in [3.05, 3.63) is 65.2 Å². The van der Waals surface area contributed by atoms with Crippen LogP contribution in [0, 0.1) is 13.8 Å². The number of aliphatic imine (C=N–C) groups is 1. The molecule has 2 aromatic carbocycles. The molecule has 0 spiro atoms. The van der Waals surface area contributed by atoms with Crippen LogP contribution in [0.3, 0.4) is 0 Å². The molecule has 0 aliphatic carbocycles. The van der Waals surface area contributed by atoms with Crippen LogP contribution in [0.4, 0.5) is 5.69 Å². The van der Waals surface area contributed by atoms with Crippen molar-refractivity contribution >= 4 is 11.6 Å². The van der Waals surface area contributed by atoms with E-state index in [0.717, 1.165) is 5.69 Å². The first-order chi connectivity index (χ1) is 10.0. The maximum absolute atomic E-state index is 5.93. The lowest BCUT2D eigenvalue weighted by atomic mass is 10.0. The Hall–Kier alpha value is -2.29. The zero-order chi connectivity index (χ0) is 15.2. The number of nitrogens with two attached hydrogens (primary N) is 1. The van der Waals surface area contributed by atoms with E-state index in [1.54, 1.807) is 0 Å². The molecule has 0 radical (unpaired) electrons. The van der Waals surface area contributed by atoms with Crippen LogP contribution in [-0.4, -0.2) is 12.5 Å². The van der Waals surface area contributed by atoms with E-state index >= 15 is 0 Å². The fourth-order valence-electron chi connectivity index (χ4n) is 2.06. The Morgan fingerprint density at radius 1 is 1.00 bits per heavy atom. The quantitative estimate of drug-likeness (QED) is 0.661. The normalized spacial score (nSPS) is 13.0. The molecule has 0 fully saturated rings. The third kappa shape index (κ3) is 4.63. The molecule has 3 nitrogen and oxygen atoms in total. The summed E-state index contributed by atoms with van der Waals surface area (Å²) in [5.74, 6) is 0.807. The summed E-state index contributed by atoms with van der Waals surface area (Å²) in [4.78, 5) is 4.42. The van der Waals surface area contributed by atoms with Crippen LogP contribution < -0.4 is 11.1 Å². The first kappa shape index (κ1) is 15.1. The van der Waals surface area contributed by atoms with Gasteiger partial charge in [-0.05, 0) is 31.5 Å². The molecule has 0 heterocycles. The van der Waals surface area contributed by atoms with Gasteiger partial charge in [0.25, 0.3) is 0 Å². The number of guanidine groups is 1. The van der Waals surface area contributed by atoms with Gasteiger partial charge in [-0.2, -0.15) is 0 Å². The second kappa shape index (κ2) is 6.93. The van der Waals surface area contributed by atoms with Crippen LogP contribution in [0.25, 0.3) is 0 Å². The van der Waals surface area contributed by atoms with Crippen molar-refractivity contribution in [3.63, 3.8) is 0 Å². The fraction of sp³-hybridized carbons (Fsp3) is 0.278. The summed E-state index contributed by atoms with van der Waals surface area (Å²) in [5, 5.41) is 3.11. The summed E-state index contributed by atoms with van der Waals surface area (Å²) in [6.45, 7) is 6.99. The van der Waals surface area contributed by atoms with Gasteiger partial charge in [0.05, 0.1) is 0 Å². The Kier molecular flexibility index (Phi) is 4.99. The second-order valence-corrected chi connectivity index (χ2v) is 5.53. The SMILES string of the molecule is Cc1ccc(NC(N)=NCC(C)c2ccc(C)cc2)cc1. The lowest BCUT2D eigenvalue weighted by Gasteiger charge is -2.11. The van der Waals surface area contributed by atoms with Crippen molar-refractivity contribution in [2.75, 3.05) is 11.9 Å². The molecule has 0 saturated heterocycles. The molecule has 21 heavy (non-hydrogen) atoms. The molecule has 2 aromatic rings. The highest BCUT2D eigenvalue weighted by Gasteiger charge is 2.04. The number of hydrogen-bond donors (Lipinski definition) is 2. The number of benzene rings is 2. The van der Waals surface area contributed by atoms with Gasteiger partial charge >= 0.3 is 0 Å². The summed E-state index contributed by atoms with van der Waals surface area (Å²) < 4.78 is 0. The first-order valence-corrected chi connectivity index (χ1v) is 7.25. The summed E-state index contributed by atoms with van der Waals surface area (Å²) in [5.41, 5.74) is 10.7. The first-order valence-electron chi connectivity index (χ1n) is 7.25. The smallest absolute Gasteiger partial charge is 0.193 e. The highest BCUT2D eigenvalue weighted by molar-refractivity contribution is 5.92. The van der Waals surface area contributed by atoms with Gasteiger partial charge in [-0.25, -0.2) is 0 Å². The number of aryl methyl sites for hydroxylation is 2. The van der Waals surface area contributed by atoms with E-state index in [0.29, 0.717) is 18.4 Å². The number of anilines is 1. The fourth-order valence-corrected chi connectivity index (χ4v) is 2.06. The van der Waals surface area contributed by atoms with Crippen molar-refractivity contribution in [2.45, 2.75) is 26.7 Å². The van der Waals surface area contributed by atoms with Crippen LogP contribution in [0.5, 0.6) is 0 Å². The van der Waals surface area contributed by atoms with E-state index in [4.69, 9.17) is 5.73 Å². The highest BCUT2D eigenvalue weighted by atomic mass is 15.1. The third-order valence-electron chi connectivity index (χ3n) is 3.51. The molecule has 3 N–H and O–H groups in total. The van der Waals surface area contributed by atoms with Crippen molar-refractivity contribution < 1.29 is 0 Å². The van der Waals surface area contributed by atoms with Gasteiger partial charge in [-0.15, -0.1) is 0 Å². The van der Waals surface area contributed by atoms with Gasteiger partial charge in [0, 0.05) is 18.2 Å². The monoisotopic (exact) mass is 281 g/mol. The van der Waals surface area contributed by atoms with Gasteiger partial charge in [-0.1, -0.05) is 54.4 Å². The van der Waals surface area contributed by atoms with Gasteiger partial charge in [-0.3, -0.25) is 4.99 Å². The largest absolute Gasteiger partial charge is 0.370 e. The predicted octanol–water partition coefficient (Wildman–Crippen LogP) is 3.83. The van der Waals surface area contributed by atoms with Crippen LogP contribution in [-0.2, 0) is 0 Å². The summed E-state index contributed by atoms with van der Waals surface area (Å²) >= 11 is 0. The van der Waals surface area contributed by atoms with Crippen LogP contribution in [0.1, 0.15) is 29.5 Å². The lowest BCUT2D eigenvalue weighted by Crippen LogP contribution is -2.23. The van der Waals surface area contributed by atoms with E-state index in [1.165, 1.54) is 16.7 Å². The molecule has 0 aliphatic heterocycles. The number of rotatable bonds is 4. The Labute approximate surface area is 126 Å². The van der Waals surface area contributed by atoms with Crippen LogP contribution >= 0.6 is 0 Å². The maximum Gasteiger partial charge on any atom is 0.193 e. The predicted molar refractivity (Wildman–Crippen MR) is 90.9 cm³/mol. The number of hydrogen-bond acceptors (Lipinski definition) is 1. The van der Waals surface area contributed by atoms with Crippen LogP contribution in [0.2, 0.25) is 0 Å². The van der Waals surface area contributed by atoms with Gasteiger partial charge in [0.1, 0.15) is 0 Å². The van der Waals surface area contributed by atoms with Crippen molar-refractivity contribution in [3.8, 4) is 0 Å². The molecular weight excluding hydrogens is 258 g/mol. The second-order valence-electron chi connectivity index (χ2n) is 5.53. The van der Waals surface area contributed by atoms with Crippen molar-refractivity contribution in [1.82, 2.24) is 0 Å². The van der Waals surface area contributed by atoms with E-state index in [-0.39, 0.29) is 0 Å². The van der Waals surface area contributed by atoms with E-state index in [1.807, 2.05) is 24.3 Å². The molecule has 110 valence electrons. The topological polar surface area (TPSA) is 50.4 Å². The van der Waals surface area contributed by atoms with Gasteiger partial charge < -0.3 is 11.1 Å². The maximum atomic E-state index is 5.93. The molecule has 3 heteroatoms. The van der Waals surface area contributed by atoms with Crippen LogP contribution in [0.15, 0.2) is 53.5 Å². The van der Waals surface area contributed by atoms with E-state index in [2.05, 4.69) is 55.3 Å². The summed E-state index contributed by atoms with van der Waals surface area (Å²) in [6, 6.07) is 16.7. The van der Waals surface area contributed by atoms with Gasteiger partial charge in [0.2, 0.25) is 0 Å². The Balaban J connectivity index is 1.93. The number of nitrogens with zero attached hydrogens (tertiary/aromatic N) is 1. The molecular formula is C18H23N3. The average molecular weight is 281 g/mol. The third-order valence-corrected chi connectivity index (χ3v) is 3.51. The number of nitrogens with one attached hydrogen (secondary N) is 1. The molecule has 0 aromatic heterocycles. The molecule has 1 atom stereocenters.